The van der Waals surface area contributed by atoms with Crippen LogP contribution in [0.15, 0.2) is 48.5 Å². The molecule has 1 fully saturated rings. The Morgan fingerprint density at radius 3 is 2.88 bits per heavy atom. The molecule has 0 bridgehead atoms. The van der Waals surface area contributed by atoms with Gasteiger partial charge in [-0.15, -0.1) is 0 Å². The third-order valence-corrected chi connectivity index (χ3v) is 3.50. The highest BCUT2D eigenvalue weighted by Gasteiger charge is 2.22. The molecular formula is C18H18FNO4. The first-order chi connectivity index (χ1) is 11.7. The maximum atomic E-state index is 13.2. The molecule has 0 aromatic heterocycles. The van der Waals surface area contributed by atoms with Gasteiger partial charge < -0.3 is 19.5 Å². The van der Waals surface area contributed by atoms with Crippen molar-refractivity contribution >= 4 is 11.6 Å². The number of nitrogens with one attached hydrogen (secondary N) is 1. The number of rotatable bonds is 5. The number of benzene rings is 2. The number of hydrogen-bond acceptors (Lipinski definition) is 4. The molecule has 1 heterocycles. The molecule has 0 aliphatic carbocycles. The van der Waals surface area contributed by atoms with Crippen LogP contribution in [-0.2, 0) is 20.9 Å². The third-order valence-electron chi connectivity index (χ3n) is 3.50. The van der Waals surface area contributed by atoms with Gasteiger partial charge >= 0.3 is 0 Å². The van der Waals surface area contributed by atoms with E-state index in [0.717, 1.165) is 5.56 Å². The maximum Gasteiger partial charge on any atom is 0.255 e. The van der Waals surface area contributed by atoms with Gasteiger partial charge in [0.15, 0.2) is 6.10 Å². The fourth-order valence-electron chi connectivity index (χ4n) is 2.32. The van der Waals surface area contributed by atoms with Gasteiger partial charge in [0.1, 0.15) is 18.2 Å². The summed E-state index contributed by atoms with van der Waals surface area (Å²) in [5.74, 6) is 0.0293. The van der Waals surface area contributed by atoms with Gasteiger partial charge in [-0.1, -0.05) is 18.2 Å². The molecule has 24 heavy (non-hydrogen) atoms. The Bertz CT molecular complexity index is 701. The molecule has 6 heteroatoms. The minimum absolute atomic E-state index is 0.245. The standard InChI is InChI=1S/C18H18FNO4/c19-14-4-1-3-13(9-14)11-24-16-6-2-5-15(10-16)20-18(21)17-12-22-7-8-23-17/h1-6,9-10,17H,7-8,11-12H2,(H,20,21)/t17-/m1/s1. The van der Waals surface area contributed by atoms with E-state index >= 15 is 0 Å². The monoisotopic (exact) mass is 331 g/mol. The molecule has 0 saturated carbocycles. The predicted octanol–water partition coefficient (Wildman–Crippen LogP) is 2.76. The zero-order valence-corrected chi connectivity index (χ0v) is 13.0. The number of amides is 1. The summed E-state index contributed by atoms with van der Waals surface area (Å²) in [6.07, 6.45) is -0.601. The summed E-state index contributed by atoms with van der Waals surface area (Å²) < 4.78 is 29.4. The summed E-state index contributed by atoms with van der Waals surface area (Å²) in [5, 5.41) is 2.78. The van der Waals surface area contributed by atoms with Crippen LogP contribution in [0.4, 0.5) is 10.1 Å². The van der Waals surface area contributed by atoms with E-state index in [1.165, 1.54) is 12.1 Å². The molecule has 1 aliphatic heterocycles. The molecule has 2 aromatic carbocycles. The number of anilines is 1. The van der Waals surface area contributed by atoms with Crippen LogP contribution in [0.5, 0.6) is 5.75 Å². The SMILES string of the molecule is O=C(Nc1cccc(OCc2cccc(F)c2)c1)[C@H]1COCCO1. The lowest BCUT2D eigenvalue weighted by molar-refractivity contribution is -0.142. The Morgan fingerprint density at radius 2 is 2.08 bits per heavy atom. The van der Waals surface area contributed by atoms with E-state index in [9.17, 15) is 9.18 Å². The van der Waals surface area contributed by atoms with E-state index in [1.807, 2.05) is 0 Å². The first-order valence-electron chi connectivity index (χ1n) is 7.68. The minimum atomic E-state index is -0.601. The van der Waals surface area contributed by atoms with E-state index in [-0.39, 0.29) is 24.9 Å². The van der Waals surface area contributed by atoms with Crippen LogP contribution in [0, 0.1) is 5.82 Å². The molecule has 1 saturated heterocycles. The van der Waals surface area contributed by atoms with Crippen LogP contribution >= 0.6 is 0 Å². The second-order valence-corrected chi connectivity index (χ2v) is 5.37. The first-order valence-corrected chi connectivity index (χ1v) is 7.68. The largest absolute Gasteiger partial charge is 0.489 e. The van der Waals surface area contributed by atoms with Gasteiger partial charge in [-0.05, 0) is 29.8 Å². The molecule has 126 valence electrons. The molecule has 1 atom stereocenters. The van der Waals surface area contributed by atoms with Crippen molar-refractivity contribution in [2.45, 2.75) is 12.7 Å². The second-order valence-electron chi connectivity index (χ2n) is 5.37. The summed E-state index contributed by atoms with van der Waals surface area (Å²) >= 11 is 0. The van der Waals surface area contributed by atoms with E-state index in [1.54, 1.807) is 36.4 Å². The highest BCUT2D eigenvalue weighted by atomic mass is 19.1. The fraction of sp³-hybridized carbons (Fsp3) is 0.278. The van der Waals surface area contributed by atoms with Crippen LogP contribution in [0.25, 0.3) is 0 Å². The molecule has 1 aliphatic rings. The quantitative estimate of drug-likeness (QED) is 0.915. The number of hydrogen-bond donors (Lipinski definition) is 1. The average Bonchev–Trinajstić information content (AvgIpc) is 2.61. The Kier molecular flexibility index (Phi) is 5.40. The number of ether oxygens (including phenoxy) is 3. The lowest BCUT2D eigenvalue weighted by Gasteiger charge is -2.22. The molecule has 1 amide bonds. The van der Waals surface area contributed by atoms with Crippen molar-refractivity contribution in [3.8, 4) is 5.75 Å². The fourth-order valence-corrected chi connectivity index (χ4v) is 2.32. The number of carbonyl (C=O) groups excluding carboxylic acids is 1. The summed E-state index contributed by atoms with van der Waals surface area (Å²) in [6, 6.07) is 13.2. The van der Waals surface area contributed by atoms with Crippen molar-refractivity contribution < 1.29 is 23.4 Å². The van der Waals surface area contributed by atoms with Crippen molar-refractivity contribution in [2.75, 3.05) is 25.1 Å². The first kappa shape index (κ1) is 16.4. The van der Waals surface area contributed by atoms with Crippen molar-refractivity contribution in [3.05, 3.63) is 59.9 Å². The maximum absolute atomic E-state index is 13.2. The van der Waals surface area contributed by atoms with Gasteiger partial charge in [0.2, 0.25) is 0 Å². The number of carbonyl (C=O) groups is 1. The van der Waals surface area contributed by atoms with Gasteiger partial charge in [-0.25, -0.2) is 4.39 Å². The van der Waals surface area contributed by atoms with Crippen LogP contribution < -0.4 is 10.1 Å². The van der Waals surface area contributed by atoms with E-state index in [2.05, 4.69) is 5.32 Å². The Labute approximate surface area is 139 Å². The highest BCUT2D eigenvalue weighted by molar-refractivity contribution is 5.94. The summed E-state index contributed by atoms with van der Waals surface area (Å²) in [6.45, 7) is 1.42. The molecule has 0 spiro atoms. The minimum Gasteiger partial charge on any atom is -0.489 e. The zero-order chi connectivity index (χ0) is 16.8. The second kappa shape index (κ2) is 7.90. The lowest BCUT2D eigenvalue weighted by Crippen LogP contribution is -2.39. The van der Waals surface area contributed by atoms with Crippen LogP contribution in [0.2, 0.25) is 0 Å². The molecule has 1 N–H and O–H groups in total. The van der Waals surface area contributed by atoms with E-state index in [4.69, 9.17) is 14.2 Å². The van der Waals surface area contributed by atoms with Gasteiger partial charge in [0.05, 0.1) is 19.8 Å². The van der Waals surface area contributed by atoms with Gasteiger partial charge in [0, 0.05) is 11.8 Å². The van der Waals surface area contributed by atoms with Crippen molar-refractivity contribution in [1.82, 2.24) is 0 Å². The van der Waals surface area contributed by atoms with Crippen LogP contribution in [-0.4, -0.2) is 31.8 Å². The van der Waals surface area contributed by atoms with Crippen LogP contribution in [0.1, 0.15) is 5.56 Å². The summed E-state index contributed by atoms with van der Waals surface area (Å²) in [4.78, 5) is 12.1. The van der Waals surface area contributed by atoms with Gasteiger partial charge in [0.25, 0.3) is 5.91 Å². The molecular weight excluding hydrogens is 313 g/mol. The normalized spacial score (nSPS) is 17.3. The average molecular weight is 331 g/mol. The topological polar surface area (TPSA) is 56.8 Å². The molecule has 0 radical (unpaired) electrons. The summed E-state index contributed by atoms with van der Waals surface area (Å²) in [7, 11) is 0. The van der Waals surface area contributed by atoms with Gasteiger partial charge in [-0.3, -0.25) is 4.79 Å². The van der Waals surface area contributed by atoms with Crippen molar-refractivity contribution in [1.29, 1.82) is 0 Å². The van der Waals surface area contributed by atoms with Crippen molar-refractivity contribution in [2.24, 2.45) is 0 Å². The Balaban J connectivity index is 1.58. The molecule has 2 aromatic rings. The van der Waals surface area contributed by atoms with E-state index < -0.39 is 6.10 Å². The number of halogens is 1. The smallest absolute Gasteiger partial charge is 0.255 e. The molecule has 0 unspecified atom stereocenters. The predicted molar refractivity (Wildman–Crippen MR) is 86.4 cm³/mol. The van der Waals surface area contributed by atoms with Crippen LogP contribution in [0.3, 0.4) is 0 Å². The van der Waals surface area contributed by atoms with Gasteiger partial charge in [-0.2, -0.15) is 0 Å². The highest BCUT2D eigenvalue weighted by Crippen LogP contribution is 2.19. The Hall–Kier alpha value is -2.44. The van der Waals surface area contributed by atoms with Crippen molar-refractivity contribution in [3.63, 3.8) is 0 Å². The Morgan fingerprint density at radius 1 is 1.21 bits per heavy atom. The third kappa shape index (κ3) is 4.53. The lowest BCUT2D eigenvalue weighted by atomic mass is 10.2. The molecule has 5 nitrogen and oxygen atoms in total. The zero-order valence-electron chi connectivity index (χ0n) is 13.0. The molecule has 3 rings (SSSR count). The summed E-state index contributed by atoms with van der Waals surface area (Å²) in [5.41, 5.74) is 1.34. The van der Waals surface area contributed by atoms with E-state index in [0.29, 0.717) is 24.7 Å².